The van der Waals surface area contributed by atoms with Crippen LogP contribution in [-0.2, 0) is 11.3 Å². The second-order valence-corrected chi connectivity index (χ2v) is 6.96. The van der Waals surface area contributed by atoms with Gasteiger partial charge >= 0.3 is 0 Å². The number of hydrogen-bond donors (Lipinski definition) is 1. The zero-order chi connectivity index (χ0) is 18.3. The summed E-state index contributed by atoms with van der Waals surface area (Å²) in [5, 5.41) is 12.4. The first-order chi connectivity index (χ1) is 12.6. The van der Waals surface area contributed by atoms with E-state index in [0.717, 1.165) is 4.88 Å². The topological polar surface area (TPSA) is 83.9 Å². The molecule has 3 aromatic rings. The van der Waals surface area contributed by atoms with Crippen LogP contribution >= 0.6 is 11.3 Å². The minimum atomic E-state index is -0.809. The molecule has 0 radical (unpaired) electrons. The standard InChI is InChI=1S/C19H15NO5S/c1-11-6-7-13(25-11)16-15(17(21)14-5-2-8-24-14)18(22)19(23)20(16)10-12-4-3-9-26-12/h2-9,16,22H,10H2,1H3. The lowest BCUT2D eigenvalue weighted by molar-refractivity contribution is -0.130. The van der Waals surface area contributed by atoms with Crippen LogP contribution in [0.2, 0.25) is 0 Å². The molecule has 1 aliphatic rings. The molecule has 0 spiro atoms. The van der Waals surface area contributed by atoms with E-state index in [-0.39, 0.29) is 17.9 Å². The van der Waals surface area contributed by atoms with E-state index in [2.05, 4.69) is 0 Å². The highest BCUT2D eigenvalue weighted by Gasteiger charge is 2.46. The quantitative estimate of drug-likeness (QED) is 0.687. The number of hydrogen-bond acceptors (Lipinski definition) is 6. The lowest BCUT2D eigenvalue weighted by Gasteiger charge is -2.24. The second kappa shape index (κ2) is 6.34. The third kappa shape index (κ3) is 2.66. The minimum absolute atomic E-state index is 0.0316. The van der Waals surface area contributed by atoms with Gasteiger partial charge in [-0.1, -0.05) is 6.07 Å². The summed E-state index contributed by atoms with van der Waals surface area (Å²) in [7, 11) is 0. The Hall–Kier alpha value is -3.06. The number of thiophene rings is 1. The monoisotopic (exact) mass is 369 g/mol. The number of rotatable bonds is 5. The van der Waals surface area contributed by atoms with Crippen molar-refractivity contribution in [3.63, 3.8) is 0 Å². The summed E-state index contributed by atoms with van der Waals surface area (Å²) in [4.78, 5) is 28.0. The average Bonchev–Trinajstić information content (AvgIpc) is 3.40. The number of aliphatic hydroxyl groups is 1. The van der Waals surface area contributed by atoms with Gasteiger partial charge in [0.25, 0.3) is 5.91 Å². The predicted molar refractivity (Wildman–Crippen MR) is 93.7 cm³/mol. The summed E-state index contributed by atoms with van der Waals surface area (Å²) in [6, 6.07) is 9.52. The molecule has 0 fully saturated rings. The van der Waals surface area contributed by atoms with Crippen molar-refractivity contribution >= 4 is 23.0 Å². The molecule has 1 aliphatic heterocycles. The molecule has 1 N–H and O–H groups in total. The van der Waals surface area contributed by atoms with Gasteiger partial charge in [-0.05, 0) is 42.6 Å². The van der Waals surface area contributed by atoms with Crippen LogP contribution in [0.25, 0.3) is 0 Å². The third-order valence-corrected chi connectivity index (χ3v) is 5.09. The molecule has 1 amide bonds. The fourth-order valence-electron chi connectivity index (χ4n) is 3.06. The first-order valence-electron chi connectivity index (χ1n) is 7.97. The Balaban J connectivity index is 1.79. The Bertz CT molecular complexity index is 981. The van der Waals surface area contributed by atoms with Crippen LogP contribution in [0.3, 0.4) is 0 Å². The van der Waals surface area contributed by atoms with E-state index in [4.69, 9.17) is 8.83 Å². The van der Waals surface area contributed by atoms with Crippen molar-refractivity contribution in [3.05, 3.63) is 81.5 Å². The zero-order valence-electron chi connectivity index (χ0n) is 13.8. The summed E-state index contributed by atoms with van der Waals surface area (Å²) < 4.78 is 10.9. The summed E-state index contributed by atoms with van der Waals surface area (Å²) in [6.07, 6.45) is 1.37. The first-order valence-corrected chi connectivity index (χ1v) is 8.85. The minimum Gasteiger partial charge on any atom is -0.503 e. The van der Waals surface area contributed by atoms with E-state index >= 15 is 0 Å². The van der Waals surface area contributed by atoms with Gasteiger partial charge in [-0.2, -0.15) is 0 Å². The zero-order valence-corrected chi connectivity index (χ0v) is 14.7. The van der Waals surface area contributed by atoms with Crippen LogP contribution < -0.4 is 0 Å². The molecule has 26 heavy (non-hydrogen) atoms. The molecule has 0 saturated heterocycles. The first kappa shape index (κ1) is 16.4. The Labute approximate surface area is 153 Å². The number of furan rings is 2. The molecule has 1 atom stereocenters. The fourth-order valence-corrected chi connectivity index (χ4v) is 3.76. The van der Waals surface area contributed by atoms with Gasteiger partial charge in [0, 0.05) is 4.88 Å². The van der Waals surface area contributed by atoms with Crippen LogP contribution in [0.5, 0.6) is 0 Å². The SMILES string of the molecule is Cc1ccc(C2C(C(=O)c3ccco3)=C(O)C(=O)N2Cc2cccs2)o1. The van der Waals surface area contributed by atoms with Gasteiger partial charge in [-0.15, -0.1) is 11.3 Å². The number of aryl methyl sites for hydroxylation is 1. The third-order valence-electron chi connectivity index (χ3n) is 4.23. The number of amides is 1. The lowest BCUT2D eigenvalue weighted by Crippen LogP contribution is -2.30. The molecule has 7 heteroatoms. The number of aliphatic hydroxyl groups excluding tert-OH is 1. The van der Waals surface area contributed by atoms with Crippen molar-refractivity contribution in [1.29, 1.82) is 0 Å². The molecular weight excluding hydrogens is 354 g/mol. The van der Waals surface area contributed by atoms with Gasteiger partial charge < -0.3 is 18.8 Å². The molecule has 0 aromatic carbocycles. The van der Waals surface area contributed by atoms with Gasteiger partial charge in [0.2, 0.25) is 5.78 Å². The summed E-state index contributed by atoms with van der Waals surface area (Å²) in [6.45, 7) is 2.04. The van der Waals surface area contributed by atoms with Crippen LogP contribution in [0.15, 0.2) is 68.2 Å². The Morgan fingerprint density at radius 1 is 1.27 bits per heavy atom. The average molecular weight is 369 g/mol. The van der Waals surface area contributed by atoms with E-state index in [0.29, 0.717) is 11.5 Å². The lowest BCUT2D eigenvalue weighted by atomic mass is 9.99. The second-order valence-electron chi connectivity index (χ2n) is 5.93. The van der Waals surface area contributed by atoms with Gasteiger partial charge in [0.15, 0.2) is 11.5 Å². The highest BCUT2D eigenvalue weighted by atomic mass is 32.1. The number of carbonyl (C=O) groups excluding carboxylic acids is 2. The van der Waals surface area contributed by atoms with E-state index in [9.17, 15) is 14.7 Å². The van der Waals surface area contributed by atoms with Crippen molar-refractivity contribution in [2.75, 3.05) is 0 Å². The molecule has 132 valence electrons. The van der Waals surface area contributed by atoms with Crippen LogP contribution in [-0.4, -0.2) is 21.7 Å². The predicted octanol–water partition coefficient (Wildman–Crippen LogP) is 4.02. The summed E-state index contributed by atoms with van der Waals surface area (Å²) in [5.74, 6) is -0.570. The van der Waals surface area contributed by atoms with E-state index in [1.54, 1.807) is 25.1 Å². The maximum atomic E-state index is 12.9. The number of nitrogens with zero attached hydrogens (tertiary/aromatic N) is 1. The van der Waals surface area contributed by atoms with Crippen molar-refractivity contribution in [3.8, 4) is 0 Å². The molecule has 3 aromatic heterocycles. The number of Topliss-reactive ketones (excluding diaryl/α,β-unsaturated/α-hetero) is 1. The van der Waals surface area contributed by atoms with Crippen molar-refractivity contribution in [1.82, 2.24) is 4.90 Å². The molecule has 1 unspecified atom stereocenters. The molecule has 4 heterocycles. The molecule has 4 rings (SSSR count). The maximum absolute atomic E-state index is 12.9. The smallest absolute Gasteiger partial charge is 0.290 e. The number of carbonyl (C=O) groups is 2. The molecule has 0 saturated carbocycles. The molecular formula is C19H15NO5S. The molecule has 0 aliphatic carbocycles. The van der Waals surface area contributed by atoms with Gasteiger partial charge in [-0.3, -0.25) is 9.59 Å². The van der Waals surface area contributed by atoms with E-state index < -0.39 is 23.5 Å². The van der Waals surface area contributed by atoms with E-state index in [1.807, 2.05) is 17.5 Å². The highest BCUT2D eigenvalue weighted by Crippen LogP contribution is 2.40. The largest absolute Gasteiger partial charge is 0.503 e. The van der Waals surface area contributed by atoms with Crippen LogP contribution in [0.4, 0.5) is 0 Å². The van der Waals surface area contributed by atoms with Gasteiger partial charge in [-0.25, -0.2) is 0 Å². The van der Waals surface area contributed by atoms with Crippen molar-refractivity contribution in [2.45, 2.75) is 19.5 Å². The van der Waals surface area contributed by atoms with Crippen molar-refractivity contribution < 1.29 is 23.5 Å². The van der Waals surface area contributed by atoms with Gasteiger partial charge in [0.05, 0.1) is 18.4 Å². The Morgan fingerprint density at radius 3 is 2.73 bits per heavy atom. The van der Waals surface area contributed by atoms with Crippen LogP contribution in [0, 0.1) is 6.92 Å². The normalized spacial score (nSPS) is 17.3. The van der Waals surface area contributed by atoms with Gasteiger partial charge in [0.1, 0.15) is 17.6 Å². The van der Waals surface area contributed by atoms with Crippen molar-refractivity contribution in [2.24, 2.45) is 0 Å². The van der Waals surface area contributed by atoms with E-state index in [1.165, 1.54) is 28.6 Å². The Kier molecular flexibility index (Phi) is 4.00. The summed E-state index contributed by atoms with van der Waals surface area (Å²) in [5.41, 5.74) is -0.0316. The fraction of sp³-hybridized carbons (Fsp3) is 0.158. The number of ketones is 1. The summed E-state index contributed by atoms with van der Waals surface area (Å²) >= 11 is 1.49. The van der Waals surface area contributed by atoms with Crippen LogP contribution in [0.1, 0.15) is 33.0 Å². The molecule has 0 bridgehead atoms. The highest BCUT2D eigenvalue weighted by molar-refractivity contribution is 7.09. The maximum Gasteiger partial charge on any atom is 0.290 e. The Morgan fingerprint density at radius 2 is 2.12 bits per heavy atom. The molecule has 6 nitrogen and oxygen atoms in total.